The molecule has 180 valence electrons. The minimum absolute atomic E-state index is 0.0289. The number of nitrogens with zero attached hydrogens (tertiary/aromatic N) is 3. The lowest BCUT2D eigenvalue weighted by molar-refractivity contribution is 0.0139. The average molecular weight is 474 g/mol. The summed E-state index contributed by atoms with van der Waals surface area (Å²) in [5.41, 5.74) is 2.76. The standard InChI is InChI=1S/C25H35N3O4S/c1-17(2)20-14-21(23(30)15-22(20)29)28(33)19-8-6-18(7-9-19)16-26-10-12-27(13-11-26)24(31)32-25(3,4)5/h6-9,14-15,17,29-30,33H,10-13,16H2,1-5H3. The number of ether oxygens (including phenoxy) is 1. The first kappa shape index (κ1) is 25.1. The quantitative estimate of drug-likeness (QED) is 0.515. The van der Waals surface area contributed by atoms with Crippen molar-refractivity contribution in [3.8, 4) is 11.5 Å². The fraction of sp³-hybridized carbons (Fsp3) is 0.480. The van der Waals surface area contributed by atoms with Gasteiger partial charge in [-0.25, -0.2) is 4.79 Å². The normalized spacial score (nSPS) is 15.1. The molecule has 7 nitrogen and oxygen atoms in total. The lowest BCUT2D eigenvalue weighted by Crippen LogP contribution is -2.49. The predicted molar refractivity (Wildman–Crippen MR) is 135 cm³/mol. The van der Waals surface area contributed by atoms with Crippen LogP contribution in [0.5, 0.6) is 11.5 Å². The Balaban J connectivity index is 1.60. The van der Waals surface area contributed by atoms with Crippen LogP contribution >= 0.6 is 12.8 Å². The summed E-state index contributed by atoms with van der Waals surface area (Å²) in [6.45, 7) is 13.3. The van der Waals surface area contributed by atoms with Crippen molar-refractivity contribution >= 4 is 30.3 Å². The summed E-state index contributed by atoms with van der Waals surface area (Å²) in [7, 11) is 0. The Kier molecular flexibility index (Phi) is 7.69. The third kappa shape index (κ3) is 6.48. The number of anilines is 2. The number of carbonyl (C=O) groups excluding carboxylic acids is 1. The number of amides is 1. The van der Waals surface area contributed by atoms with Crippen LogP contribution in [0, 0.1) is 0 Å². The maximum atomic E-state index is 12.2. The number of phenols is 2. The summed E-state index contributed by atoms with van der Waals surface area (Å²) >= 11 is 4.58. The monoisotopic (exact) mass is 473 g/mol. The molecule has 0 aromatic heterocycles. The summed E-state index contributed by atoms with van der Waals surface area (Å²) in [6, 6.07) is 11.1. The minimum atomic E-state index is -0.482. The summed E-state index contributed by atoms with van der Waals surface area (Å²) in [5.74, 6) is 0.165. The van der Waals surface area contributed by atoms with Gasteiger partial charge < -0.3 is 19.8 Å². The molecule has 0 radical (unpaired) electrons. The van der Waals surface area contributed by atoms with Crippen LogP contribution in [-0.4, -0.2) is 57.9 Å². The number of hydrogen-bond donors (Lipinski definition) is 3. The summed E-state index contributed by atoms with van der Waals surface area (Å²) < 4.78 is 7.08. The van der Waals surface area contributed by atoms with Gasteiger partial charge in [-0.05, 0) is 56.0 Å². The number of aromatic hydroxyl groups is 2. The van der Waals surface area contributed by atoms with Crippen molar-refractivity contribution in [3.05, 3.63) is 47.5 Å². The number of thiol groups is 1. The maximum absolute atomic E-state index is 12.2. The van der Waals surface area contributed by atoms with Crippen LogP contribution in [0.25, 0.3) is 0 Å². The largest absolute Gasteiger partial charge is 0.508 e. The van der Waals surface area contributed by atoms with E-state index in [-0.39, 0.29) is 23.5 Å². The molecule has 1 fully saturated rings. The van der Waals surface area contributed by atoms with E-state index in [4.69, 9.17) is 4.74 Å². The van der Waals surface area contributed by atoms with Gasteiger partial charge in [-0.1, -0.05) is 38.8 Å². The van der Waals surface area contributed by atoms with E-state index in [0.29, 0.717) is 18.8 Å². The zero-order chi connectivity index (χ0) is 24.3. The molecule has 2 aromatic carbocycles. The molecule has 0 bridgehead atoms. The topological polar surface area (TPSA) is 76.5 Å². The van der Waals surface area contributed by atoms with Gasteiger partial charge in [0.2, 0.25) is 0 Å². The molecule has 0 atom stereocenters. The van der Waals surface area contributed by atoms with Gasteiger partial charge in [0.1, 0.15) is 17.1 Å². The first-order valence-electron chi connectivity index (χ1n) is 11.3. The highest BCUT2D eigenvalue weighted by Crippen LogP contribution is 2.41. The van der Waals surface area contributed by atoms with Crippen LogP contribution in [-0.2, 0) is 11.3 Å². The molecule has 0 spiro atoms. The zero-order valence-electron chi connectivity index (χ0n) is 20.1. The molecule has 0 unspecified atom stereocenters. The van der Waals surface area contributed by atoms with Crippen LogP contribution in [0.3, 0.4) is 0 Å². The van der Waals surface area contributed by atoms with Crippen molar-refractivity contribution in [2.45, 2.75) is 52.7 Å². The highest BCUT2D eigenvalue weighted by molar-refractivity contribution is 7.82. The van der Waals surface area contributed by atoms with Crippen molar-refractivity contribution < 1.29 is 19.7 Å². The van der Waals surface area contributed by atoms with Gasteiger partial charge in [0.15, 0.2) is 0 Å². The molecule has 2 aromatic rings. The van der Waals surface area contributed by atoms with Crippen molar-refractivity contribution in [1.29, 1.82) is 0 Å². The molecule has 2 N–H and O–H groups in total. The fourth-order valence-electron chi connectivity index (χ4n) is 3.77. The molecule has 0 saturated carbocycles. The van der Waals surface area contributed by atoms with Gasteiger partial charge in [-0.15, -0.1) is 0 Å². The van der Waals surface area contributed by atoms with Crippen LogP contribution < -0.4 is 4.31 Å². The van der Waals surface area contributed by atoms with Gasteiger partial charge in [-0.3, -0.25) is 9.21 Å². The predicted octanol–water partition coefficient (Wildman–Crippen LogP) is 5.26. The second kappa shape index (κ2) is 10.1. The van der Waals surface area contributed by atoms with E-state index in [9.17, 15) is 15.0 Å². The highest BCUT2D eigenvalue weighted by atomic mass is 32.1. The van der Waals surface area contributed by atoms with Crippen molar-refractivity contribution in [2.75, 3.05) is 30.5 Å². The third-order valence-electron chi connectivity index (χ3n) is 5.59. The smallest absolute Gasteiger partial charge is 0.410 e. The number of piperazine rings is 1. The molecular formula is C25H35N3O4S. The molecule has 1 heterocycles. The SMILES string of the molecule is CC(C)c1cc(N(S)c2ccc(CN3CCN(C(=O)OC(C)(C)C)CC3)cc2)c(O)cc1O. The van der Waals surface area contributed by atoms with Crippen molar-refractivity contribution in [1.82, 2.24) is 9.80 Å². The minimum Gasteiger partial charge on any atom is -0.508 e. The number of rotatable bonds is 5. The number of benzene rings is 2. The molecule has 1 aliphatic rings. The Labute approximate surface area is 202 Å². The first-order valence-corrected chi connectivity index (χ1v) is 11.7. The Morgan fingerprint density at radius 3 is 2.21 bits per heavy atom. The molecule has 0 aliphatic carbocycles. The Bertz CT molecular complexity index is 965. The van der Waals surface area contributed by atoms with Crippen LogP contribution in [0.4, 0.5) is 16.2 Å². The van der Waals surface area contributed by atoms with Gasteiger partial charge in [-0.2, -0.15) is 0 Å². The molecule has 33 heavy (non-hydrogen) atoms. The second-order valence-electron chi connectivity index (χ2n) is 9.78. The van der Waals surface area contributed by atoms with E-state index in [1.54, 1.807) is 15.3 Å². The van der Waals surface area contributed by atoms with E-state index in [1.165, 1.54) is 6.07 Å². The van der Waals surface area contributed by atoms with Crippen molar-refractivity contribution in [2.24, 2.45) is 0 Å². The molecule has 1 saturated heterocycles. The number of hydrogen-bond acceptors (Lipinski definition) is 7. The lowest BCUT2D eigenvalue weighted by atomic mass is 10.0. The third-order valence-corrected chi connectivity index (χ3v) is 6.03. The van der Waals surface area contributed by atoms with E-state index in [2.05, 4.69) is 17.7 Å². The fourth-order valence-corrected chi connectivity index (χ4v) is 4.06. The van der Waals surface area contributed by atoms with Crippen LogP contribution in [0.1, 0.15) is 51.7 Å². The van der Waals surface area contributed by atoms with Gasteiger partial charge >= 0.3 is 6.09 Å². The summed E-state index contributed by atoms with van der Waals surface area (Å²) in [5, 5.41) is 20.4. The molecular weight excluding hydrogens is 438 g/mol. The first-order chi connectivity index (χ1) is 15.4. The van der Waals surface area contributed by atoms with Crippen LogP contribution in [0.15, 0.2) is 36.4 Å². The summed E-state index contributed by atoms with van der Waals surface area (Å²) in [6.07, 6.45) is -0.251. The Morgan fingerprint density at radius 1 is 1.06 bits per heavy atom. The van der Waals surface area contributed by atoms with Crippen LogP contribution in [0.2, 0.25) is 0 Å². The average Bonchev–Trinajstić information content (AvgIpc) is 2.73. The lowest BCUT2D eigenvalue weighted by Gasteiger charge is -2.35. The van der Waals surface area contributed by atoms with E-state index < -0.39 is 5.60 Å². The summed E-state index contributed by atoms with van der Waals surface area (Å²) in [4.78, 5) is 16.3. The highest BCUT2D eigenvalue weighted by Gasteiger charge is 2.26. The van der Waals surface area contributed by atoms with Gasteiger partial charge in [0.25, 0.3) is 0 Å². The van der Waals surface area contributed by atoms with E-state index in [1.807, 2.05) is 58.9 Å². The Morgan fingerprint density at radius 2 is 1.67 bits per heavy atom. The Hall–Kier alpha value is -2.58. The van der Waals surface area contributed by atoms with E-state index >= 15 is 0 Å². The second-order valence-corrected chi connectivity index (χ2v) is 10.2. The van der Waals surface area contributed by atoms with E-state index in [0.717, 1.165) is 36.4 Å². The van der Waals surface area contributed by atoms with Crippen molar-refractivity contribution in [3.63, 3.8) is 0 Å². The van der Waals surface area contributed by atoms with Gasteiger partial charge in [0, 0.05) is 38.8 Å². The molecule has 1 amide bonds. The zero-order valence-corrected chi connectivity index (χ0v) is 21.0. The molecule has 3 rings (SSSR count). The van der Waals surface area contributed by atoms with Gasteiger partial charge in [0.05, 0.1) is 11.4 Å². The molecule has 8 heteroatoms. The number of carbonyl (C=O) groups is 1. The molecule has 1 aliphatic heterocycles. The number of phenolic OH excluding ortho intramolecular Hbond substituents is 2. The maximum Gasteiger partial charge on any atom is 0.410 e.